The molecule has 0 fully saturated rings. The van der Waals surface area contributed by atoms with Crippen LogP contribution in [-0.4, -0.2) is 82.0 Å². The Bertz CT molecular complexity index is 576. The van der Waals surface area contributed by atoms with Gasteiger partial charge in [-0.2, -0.15) is 4.31 Å². The number of nitrogen functional groups attached to an aromatic ring is 1. The van der Waals surface area contributed by atoms with Gasteiger partial charge in [-0.25, -0.2) is 8.42 Å². The third-order valence-corrected chi connectivity index (χ3v) is 5.12. The van der Waals surface area contributed by atoms with Gasteiger partial charge in [0, 0.05) is 26.2 Å². The molecule has 0 unspecified atom stereocenters. The first-order chi connectivity index (χ1) is 10.1. The van der Waals surface area contributed by atoms with Crippen LogP contribution < -0.4 is 5.73 Å². The summed E-state index contributed by atoms with van der Waals surface area (Å²) in [6.45, 7) is 2.04. The van der Waals surface area contributed by atoms with E-state index in [9.17, 15) is 13.5 Å². The average molecular weight is 330 g/mol. The van der Waals surface area contributed by atoms with Crippen molar-refractivity contribution < 1.29 is 13.5 Å². The van der Waals surface area contributed by atoms with Gasteiger partial charge in [0.05, 0.1) is 10.6 Å². The minimum atomic E-state index is -3.64. The zero-order chi connectivity index (χ0) is 16.9. The number of nitrogens with two attached hydrogens (primary N) is 1. The molecule has 0 saturated heterocycles. The lowest BCUT2D eigenvalue weighted by Crippen LogP contribution is -2.40. The Morgan fingerprint density at radius 3 is 1.91 bits per heavy atom. The lowest BCUT2D eigenvalue weighted by Gasteiger charge is -2.25. The molecule has 126 valence electrons. The average Bonchev–Trinajstić information content (AvgIpc) is 2.40. The van der Waals surface area contributed by atoms with Gasteiger partial charge in [0.25, 0.3) is 0 Å². The maximum atomic E-state index is 12.8. The summed E-state index contributed by atoms with van der Waals surface area (Å²) in [5.74, 6) is -0.118. The number of sulfonamides is 1. The highest BCUT2D eigenvalue weighted by Gasteiger charge is 2.25. The molecule has 1 aromatic rings. The summed E-state index contributed by atoms with van der Waals surface area (Å²) in [7, 11) is 3.95. The van der Waals surface area contributed by atoms with E-state index in [0.717, 1.165) is 0 Å². The first-order valence-electron chi connectivity index (χ1n) is 7.02. The lowest BCUT2D eigenvalue weighted by atomic mass is 10.3. The summed E-state index contributed by atoms with van der Waals surface area (Å²) in [4.78, 5) is 3.97. The first kappa shape index (κ1) is 18.7. The molecule has 0 aliphatic carbocycles. The molecule has 0 spiro atoms. The van der Waals surface area contributed by atoms with Crippen molar-refractivity contribution in [1.82, 2.24) is 14.1 Å². The van der Waals surface area contributed by atoms with E-state index in [1.165, 1.54) is 22.5 Å². The van der Waals surface area contributed by atoms with E-state index in [1.54, 1.807) is 0 Å². The quantitative estimate of drug-likeness (QED) is 0.519. The zero-order valence-corrected chi connectivity index (χ0v) is 14.5. The topological polar surface area (TPSA) is 90.1 Å². The Balaban J connectivity index is 3.04. The lowest BCUT2D eigenvalue weighted by molar-refractivity contribution is 0.301. The van der Waals surface area contributed by atoms with Crippen molar-refractivity contribution in [3.63, 3.8) is 0 Å². The minimum Gasteiger partial charge on any atom is -0.506 e. The van der Waals surface area contributed by atoms with E-state index in [0.29, 0.717) is 26.2 Å². The predicted molar refractivity (Wildman–Crippen MR) is 88.4 cm³/mol. The fourth-order valence-electron chi connectivity index (χ4n) is 1.82. The molecule has 8 heteroatoms. The van der Waals surface area contributed by atoms with Crippen molar-refractivity contribution in [3.8, 4) is 5.75 Å². The SMILES string of the molecule is CN(C)CCN(CCN(C)C)S(=O)(=O)c1ccc(O)c(N)c1. The van der Waals surface area contributed by atoms with Crippen LogP contribution in [0.1, 0.15) is 0 Å². The number of likely N-dealkylation sites (N-methyl/N-ethyl adjacent to an activating group) is 2. The second-order valence-electron chi connectivity index (χ2n) is 5.73. The molecule has 0 aliphatic heterocycles. The van der Waals surface area contributed by atoms with Gasteiger partial charge in [-0.05, 0) is 46.4 Å². The third kappa shape index (κ3) is 5.13. The molecular weight excluding hydrogens is 304 g/mol. The van der Waals surface area contributed by atoms with Gasteiger partial charge in [-0.1, -0.05) is 0 Å². The Labute approximate surface area is 133 Å². The number of phenols is 1. The summed E-state index contributed by atoms with van der Waals surface area (Å²) in [5, 5.41) is 9.45. The van der Waals surface area contributed by atoms with Gasteiger partial charge < -0.3 is 20.6 Å². The molecule has 0 radical (unpaired) electrons. The fraction of sp³-hybridized carbons (Fsp3) is 0.571. The summed E-state index contributed by atoms with van der Waals surface area (Å²) in [5.41, 5.74) is 5.67. The Morgan fingerprint density at radius 1 is 1.00 bits per heavy atom. The highest BCUT2D eigenvalue weighted by Crippen LogP contribution is 2.25. The largest absolute Gasteiger partial charge is 0.506 e. The number of nitrogens with zero attached hydrogens (tertiary/aromatic N) is 3. The maximum absolute atomic E-state index is 12.8. The normalized spacial score (nSPS) is 12.5. The molecular formula is C14H26N4O3S. The van der Waals surface area contributed by atoms with Crippen molar-refractivity contribution in [2.24, 2.45) is 0 Å². The van der Waals surface area contributed by atoms with Gasteiger partial charge in [-0.15, -0.1) is 0 Å². The van der Waals surface area contributed by atoms with E-state index in [-0.39, 0.29) is 16.3 Å². The Hall–Kier alpha value is -1.35. The van der Waals surface area contributed by atoms with E-state index in [1.807, 2.05) is 38.0 Å². The number of phenolic OH excluding ortho intramolecular Hbond substituents is 1. The van der Waals surface area contributed by atoms with Crippen LogP contribution in [0.4, 0.5) is 5.69 Å². The van der Waals surface area contributed by atoms with Crippen molar-refractivity contribution in [3.05, 3.63) is 18.2 Å². The standard InChI is InChI=1S/C14H26N4O3S/c1-16(2)7-9-18(10-8-17(3)4)22(20,21)12-5-6-14(19)13(15)11-12/h5-6,11,19H,7-10,15H2,1-4H3. The number of anilines is 1. The van der Waals surface area contributed by atoms with Crippen LogP contribution in [-0.2, 0) is 10.0 Å². The number of hydrogen-bond acceptors (Lipinski definition) is 6. The fourth-order valence-corrected chi connectivity index (χ4v) is 3.28. The molecule has 0 atom stereocenters. The van der Waals surface area contributed by atoms with E-state index in [4.69, 9.17) is 5.73 Å². The van der Waals surface area contributed by atoms with Gasteiger partial charge >= 0.3 is 0 Å². The van der Waals surface area contributed by atoms with E-state index >= 15 is 0 Å². The van der Waals surface area contributed by atoms with Crippen molar-refractivity contribution in [1.29, 1.82) is 0 Å². The van der Waals surface area contributed by atoms with Crippen LogP contribution in [0.25, 0.3) is 0 Å². The van der Waals surface area contributed by atoms with Gasteiger partial charge in [0.15, 0.2) is 0 Å². The molecule has 0 aliphatic rings. The highest BCUT2D eigenvalue weighted by atomic mass is 32.2. The summed E-state index contributed by atoms with van der Waals surface area (Å²) >= 11 is 0. The van der Waals surface area contributed by atoms with Crippen LogP contribution in [0.5, 0.6) is 5.75 Å². The number of benzene rings is 1. The van der Waals surface area contributed by atoms with Gasteiger partial charge in [0.1, 0.15) is 5.75 Å². The molecule has 1 rings (SSSR count). The molecule has 3 N–H and O–H groups in total. The molecule has 0 saturated carbocycles. The molecule has 0 bridgehead atoms. The smallest absolute Gasteiger partial charge is 0.243 e. The number of aromatic hydroxyl groups is 1. The zero-order valence-electron chi connectivity index (χ0n) is 13.7. The van der Waals surface area contributed by atoms with E-state index in [2.05, 4.69) is 0 Å². The number of rotatable bonds is 8. The number of hydrogen-bond donors (Lipinski definition) is 2. The van der Waals surface area contributed by atoms with Crippen LogP contribution in [0.3, 0.4) is 0 Å². The van der Waals surface area contributed by atoms with Gasteiger partial charge in [0.2, 0.25) is 10.0 Å². The maximum Gasteiger partial charge on any atom is 0.243 e. The second-order valence-corrected chi connectivity index (χ2v) is 7.67. The molecule has 0 amide bonds. The Kier molecular flexibility index (Phi) is 6.61. The summed E-state index contributed by atoms with van der Waals surface area (Å²) < 4.78 is 27.0. The molecule has 0 aromatic heterocycles. The highest BCUT2D eigenvalue weighted by molar-refractivity contribution is 7.89. The van der Waals surface area contributed by atoms with Crippen LogP contribution in [0, 0.1) is 0 Å². The summed E-state index contributed by atoms with van der Waals surface area (Å²) in [6, 6.07) is 3.97. The predicted octanol–water partition coefficient (Wildman–Crippen LogP) is 0.0883. The van der Waals surface area contributed by atoms with Crippen molar-refractivity contribution in [2.75, 3.05) is 60.1 Å². The minimum absolute atomic E-state index is 0.0567. The molecule has 22 heavy (non-hydrogen) atoms. The monoisotopic (exact) mass is 330 g/mol. The van der Waals surface area contributed by atoms with Crippen molar-refractivity contribution >= 4 is 15.7 Å². The van der Waals surface area contributed by atoms with E-state index < -0.39 is 10.0 Å². The first-order valence-corrected chi connectivity index (χ1v) is 8.46. The second kappa shape index (κ2) is 7.77. The van der Waals surface area contributed by atoms with Crippen LogP contribution >= 0.6 is 0 Å². The Morgan fingerprint density at radius 2 is 1.50 bits per heavy atom. The molecule has 0 heterocycles. The summed E-state index contributed by atoms with van der Waals surface area (Å²) in [6.07, 6.45) is 0. The van der Waals surface area contributed by atoms with Gasteiger partial charge in [-0.3, -0.25) is 0 Å². The van der Waals surface area contributed by atoms with Crippen LogP contribution in [0.2, 0.25) is 0 Å². The molecule has 1 aromatic carbocycles. The van der Waals surface area contributed by atoms with Crippen LogP contribution in [0.15, 0.2) is 23.1 Å². The third-order valence-electron chi connectivity index (χ3n) is 3.23. The van der Waals surface area contributed by atoms with Crippen molar-refractivity contribution in [2.45, 2.75) is 4.90 Å². The molecule has 7 nitrogen and oxygen atoms in total.